The van der Waals surface area contributed by atoms with E-state index in [0.717, 1.165) is 35.5 Å². The van der Waals surface area contributed by atoms with Gasteiger partial charge in [-0.05, 0) is 36.6 Å². The second kappa shape index (κ2) is 9.25. The first-order chi connectivity index (χ1) is 15.4. The minimum Gasteiger partial charge on any atom is -0.316 e. The number of hydrogen-bond donors (Lipinski definition) is 1. The molecule has 4 rings (SSSR count). The van der Waals surface area contributed by atoms with Crippen LogP contribution in [0.1, 0.15) is 27.1 Å². The Hall–Kier alpha value is -2.99. The van der Waals surface area contributed by atoms with E-state index < -0.39 is 21.5 Å². The molecule has 32 heavy (non-hydrogen) atoms. The maximum absolute atomic E-state index is 12.6. The average Bonchev–Trinajstić information content (AvgIpc) is 3.10. The van der Waals surface area contributed by atoms with Crippen LogP contribution < -0.4 is 5.32 Å². The van der Waals surface area contributed by atoms with Gasteiger partial charge >= 0.3 is 0 Å². The lowest BCUT2D eigenvalue weighted by Gasteiger charge is -2.26. The Balaban J connectivity index is 1.47. The number of nitrogens with zero attached hydrogens (tertiary/aromatic N) is 2. The van der Waals surface area contributed by atoms with Crippen molar-refractivity contribution in [2.75, 3.05) is 17.6 Å². The molecule has 8 heteroatoms. The summed E-state index contributed by atoms with van der Waals surface area (Å²) >= 11 is 1.36. The van der Waals surface area contributed by atoms with E-state index in [1.807, 2.05) is 25.1 Å². The molecule has 1 aliphatic heterocycles. The molecule has 0 fully saturated rings. The lowest BCUT2D eigenvalue weighted by atomic mass is 10.0. The molecule has 0 spiro atoms. The number of carbonyl (C=O) groups is 1. The summed E-state index contributed by atoms with van der Waals surface area (Å²) in [6, 6.07) is 18.8. The van der Waals surface area contributed by atoms with Gasteiger partial charge in [0.25, 0.3) is 0 Å². The summed E-state index contributed by atoms with van der Waals surface area (Å²) in [6.07, 6.45) is 0.721. The molecule has 1 N–H and O–H groups in total. The van der Waals surface area contributed by atoms with E-state index in [2.05, 4.69) is 28.4 Å². The van der Waals surface area contributed by atoms with Crippen LogP contribution >= 0.6 is 11.3 Å². The molecule has 2 heterocycles. The fraction of sp³-hybridized carbons (Fsp3) is 0.250. The molecule has 0 bridgehead atoms. The Morgan fingerprint density at radius 2 is 1.88 bits per heavy atom. The van der Waals surface area contributed by atoms with Crippen molar-refractivity contribution < 1.29 is 13.2 Å². The number of thiophene rings is 1. The fourth-order valence-electron chi connectivity index (χ4n) is 3.80. The number of carbonyl (C=O) groups excluding carboxylic acids is 1. The van der Waals surface area contributed by atoms with E-state index in [4.69, 9.17) is 0 Å². The van der Waals surface area contributed by atoms with Crippen molar-refractivity contribution in [3.8, 4) is 6.07 Å². The fourth-order valence-corrected chi connectivity index (χ4v) is 6.19. The molecule has 164 valence electrons. The Bertz CT molecular complexity index is 1270. The van der Waals surface area contributed by atoms with E-state index in [0.29, 0.717) is 17.1 Å². The summed E-state index contributed by atoms with van der Waals surface area (Å²) in [6.45, 7) is 4.20. The van der Waals surface area contributed by atoms with Crippen molar-refractivity contribution in [3.05, 3.63) is 81.7 Å². The smallest absolute Gasteiger partial charge is 0.240 e. The van der Waals surface area contributed by atoms with Gasteiger partial charge < -0.3 is 5.32 Å². The van der Waals surface area contributed by atoms with Crippen molar-refractivity contribution in [2.45, 2.75) is 31.3 Å². The highest BCUT2D eigenvalue weighted by Gasteiger charge is 2.26. The zero-order valence-corrected chi connectivity index (χ0v) is 19.3. The first kappa shape index (κ1) is 22.2. The zero-order chi connectivity index (χ0) is 22.7. The van der Waals surface area contributed by atoms with Crippen LogP contribution in [0, 0.1) is 18.3 Å². The summed E-state index contributed by atoms with van der Waals surface area (Å²) in [4.78, 5) is 16.0. The largest absolute Gasteiger partial charge is 0.316 e. The topological polar surface area (TPSA) is 90.3 Å². The van der Waals surface area contributed by atoms with Gasteiger partial charge in [-0.25, -0.2) is 8.42 Å². The van der Waals surface area contributed by atoms with Gasteiger partial charge in [0.2, 0.25) is 5.91 Å². The summed E-state index contributed by atoms with van der Waals surface area (Å²) in [5, 5.41) is 12.8. The Kier molecular flexibility index (Phi) is 6.42. The summed E-state index contributed by atoms with van der Waals surface area (Å²) < 4.78 is 25.2. The average molecular weight is 466 g/mol. The molecule has 2 aromatic carbocycles. The minimum absolute atomic E-state index is 0.112. The lowest BCUT2D eigenvalue weighted by Crippen LogP contribution is -2.29. The van der Waals surface area contributed by atoms with Gasteiger partial charge in [-0.2, -0.15) is 5.26 Å². The molecule has 1 amide bonds. The molecule has 0 atom stereocenters. The molecule has 3 aromatic rings. The number of anilines is 1. The first-order valence-corrected chi connectivity index (χ1v) is 12.7. The number of nitriles is 1. The van der Waals surface area contributed by atoms with Crippen LogP contribution in [0.25, 0.3) is 0 Å². The molecular formula is C24H23N3O3S2. The number of hydrogen-bond acceptors (Lipinski definition) is 6. The lowest BCUT2D eigenvalue weighted by molar-refractivity contribution is -0.113. The predicted molar refractivity (Wildman–Crippen MR) is 125 cm³/mol. The number of aryl methyl sites for hydroxylation is 1. The maximum Gasteiger partial charge on any atom is 0.240 e. The van der Waals surface area contributed by atoms with Gasteiger partial charge in [-0.3, -0.25) is 9.69 Å². The van der Waals surface area contributed by atoms with Crippen LogP contribution in [0.2, 0.25) is 0 Å². The first-order valence-electron chi connectivity index (χ1n) is 10.3. The highest BCUT2D eigenvalue weighted by atomic mass is 32.2. The Labute approximate surface area is 192 Å². The maximum atomic E-state index is 12.6. The van der Waals surface area contributed by atoms with Crippen LogP contribution in [0.3, 0.4) is 0 Å². The van der Waals surface area contributed by atoms with Crippen LogP contribution in [0.5, 0.6) is 0 Å². The standard InChI is InChI=1S/C24H23N3O3S2/c1-17-7-9-19(10-8-17)32(29,30)16-23(28)26-24-21(13-25)20-11-12-27(15-22(20)31-24)14-18-5-3-2-4-6-18/h2-10H,11-12,14-16H2,1H3,(H,26,28). The molecule has 1 aliphatic rings. The van der Waals surface area contributed by atoms with E-state index in [-0.39, 0.29) is 4.90 Å². The predicted octanol–water partition coefficient (Wildman–Crippen LogP) is 3.90. The number of amides is 1. The van der Waals surface area contributed by atoms with Crippen molar-refractivity contribution in [1.82, 2.24) is 4.90 Å². The van der Waals surface area contributed by atoms with Gasteiger partial charge in [0.05, 0.1) is 10.5 Å². The molecule has 0 unspecified atom stereocenters. The monoisotopic (exact) mass is 465 g/mol. The van der Waals surface area contributed by atoms with Crippen LogP contribution in [0.15, 0.2) is 59.5 Å². The third-order valence-corrected chi connectivity index (χ3v) is 8.22. The minimum atomic E-state index is -3.76. The Morgan fingerprint density at radius 1 is 1.16 bits per heavy atom. The molecule has 6 nitrogen and oxygen atoms in total. The van der Waals surface area contributed by atoms with E-state index in [9.17, 15) is 18.5 Å². The third-order valence-electron chi connectivity index (χ3n) is 5.45. The second-order valence-electron chi connectivity index (χ2n) is 7.89. The van der Waals surface area contributed by atoms with Crippen molar-refractivity contribution in [2.24, 2.45) is 0 Å². The van der Waals surface area contributed by atoms with Gasteiger partial charge in [-0.15, -0.1) is 11.3 Å². The van der Waals surface area contributed by atoms with Crippen LogP contribution in [0.4, 0.5) is 5.00 Å². The van der Waals surface area contributed by atoms with Crippen molar-refractivity contribution in [1.29, 1.82) is 5.26 Å². The number of fused-ring (bicyclic) bond motifs is 1. The van der Waals surface area contributed by atoms with Crippen molar-refractivity contribution >= 4 is 32.1 Å². The number of benzene rings is 2. The second-order valence-corrected chi connectivity index (χ2v) is 11.0. The van der Waals surface area contributed by atoms with Gasteiger partial charge in [0, 0.05) is 24.5 Å². The van der Waals surface area contributed by atoms with E-state index >= 15 is 0 Å². The number of rotatable bonds is 6. The van der Waals surface area contributed by atoms with Gasteiger partial charge in [0.15, 0.2) is 9.84 Å². The molecule has 0 aliphatic carbocycles. The quantitative estimate of drug-likeness (QED) is 0.596. The molecule has 0 saturated carbocycles. The van der Waals surface area contributed by atoms with Gasteiger partial charge in [-0.1, -0.05) is 48.0 Å². The molecule has 0 saturated heterocycles. The van der Waals surface area contributed by atoms with Gasteiger partial charge in [0.1, 0.15) is 16.8 Å². The third kappa shape index (κ3) is 4.91. The van der Waals surface area contributed by atoms with Crippen LogP contribution in [-0.2, 0) is 34.1 Å². The summed E-state index contributed by atoms with van der Waals surface area (Å²) in [5.41, 5.74) is 3.57. The SMILES string of the molecule is Cc1ccc(S(=O)(=O)CC(=O)Nc2sc3c(c2C#N)CCN(Cc2ccccc2)C3)cc1. The number of sulfone groups is 1. The normalized spacial score (nSPS) is 13.9. The molecule has 1 aromatic heterocycles. The highest BCUT2D eigenvalue weighted by Crippen LogP contribution is 2.37. The van der Waals surface area contributed by atoms with E-state index in [1.165, 1.54) is 29.0 Å². The van der Waals surface area contributed by atoms with Crippen LogP contribution in [-0.4, -0.2) is 31.5 Å². The summed E-state index contributed by atoms with van der Waals surface area (Å²) in [5.74, 6) is -1.30. The highest BCUT2D eigenvalue weighted by molar-refractivity contribution is 7.92. The Morgan fingerprint density at radius 3 is 2.56 bits per heavy atom. The number of nitrogens with one attached hydrogen (secondary N) is 1. The van der Waals surface area contributed by atoms with Crippen molar-refractivity contribution in [3.63, 3.8) is 0 Å². The van der Waals surface area contributed by atoms with E-state index in [1.54, 1.807) is 12.1 Å². The molecule has 0 radical (unpaired) electrons. The zero-order valence-electron chi connectivity index (χ0n) is 17.7. The summed E-state index contributed by atoms with van der Waals surface area (Å²) in [7, 11) is -3.76. The molecular weight excluding hydrogens is 442 g/mol.